The Morgan fingerprint density at radius 3 is 2.75 bits per heavy atom. The number of morpholine rings is 1. The Morgan fingerprint density at radius 2 is 2.05 bits per heavy atom. The molecule has 0 aliphatic carbocycles. The van der Waals surface area contributed by atoms with Crippen molar-refractivity contribution in [2.75, 3.05) is 19.8 Å². The molecule has 1 fully saturated rings. The van der Waals surface area contributed by atoms with Gasteiger partial charge in [0.25, 0.3) is 0 Å². The fraction of sp³-hybridized carbons (Fsp3) is 0.529. The van der Waals surface area contributed by atoms with E-state index in [9.17, 15) is 0 Å². The second-order valence-corrected chi connectivity index (χ2v) is 5.39. The van der Waals surface area contributed by atoms with Gasteiger partial charge in [-0.25, -0.2) is 0 Å². The maximum absolute atomic E-state index is 8.70. The molecule has 0 spiro atoms. The molecule has 3 heteroatoms. The summed E-state index contributed by atoms with van der Waals surface area (Å²) in [6.45, 7) is 7.21. The van der Waals surface area contributed by atoms with Gasteiger partial charge in [0.2, 0.25) is 0 Å². The molecule has 1 aromatic carbocycles. The Hall–Kier alpha value is -1.34. The maximum Gasteiger partial charge on any atom is 0.0674 e. The van der Waals surface area contributed by atoms with Crippen LogP contribution in [0, 0.1) is 11.8 Å². The van der Waals surface area contributed by atoms with Gasteiger partial charge in [0.1, 0.15) is 0 Å². The van der Waals surface area contributed by atoms with Gasteiger partial charge in [0, 0.05) is 31.1 Å². The summed E-state index contributed by atoms with van der Waals surface area (Å²) in [6, 6.07) is 8.84. The minimum Gasteiger partial charge on any atom is -0.395 e. The van der Waals surface area contributed by atoms with Crippen LogP contribution in [-0.4, -0.2) is 41.9 Å². The molecule has 2 unspecified atom stereocenters. The molecule has 0 amide bonds. The summed E-state index contributed by atoms with van der Waals surface area (Å²) >= 11 is 0. The fourth-order valence-corrected chi connectivity index (χ4v) is 2.34. The van der Waals surface area contributed by atoms with Gasteiger partial charge >= 0.3 is 0 Å². The zero-order valence-electron chi connectivity index (χ0n) is 12.3. The van der Waals surface area contributed by atoms with Crippen LogP contribution in [0.5, 0.6) is 0 Å². The van der Waals surface area contributed by atoms with Gasteiger partial charge in [-0.2, -0.15) is 0 Å². The number of rotatable bonds is 3. The summed E-state index contributed by atoms with van der Waals surface area (Å²) in [4.78, 5) is 2.46. The van der Waals surface area contributed by atoms with Gasteiger partial charge in [0.15, 0.2) is 0 Å². The van der Waals surface area contributed by atoms with Gasteiger partial charge in [-0.3, -0.25) is 4.90 Å². The van der Waals surface area contributed by atoms with E-state index in [0.29, 0.717) is 18.6 Å². The highest BCUT2D eigenvalue weighted by molar-refractivity contribution is 5.36. The molecule has 2 atom stereocenters. The number of nitrogens with zero attached hydrogens (tertiary/aromatic N) is 1. The van der Waals surface area contributed by atoms with Crippen LogP contribution in [0.3, 0.4) is 0 Å². The second-order valence-electron chi connectivity index (χ2n) is 5.39. The van der Waals surface area contributed by atoms with Crippen molar-refractivity contribution in [1.29, 1.82) is 0 Å². The van der Waals surface area contributed by atoms with Crippen LogP contribution in [0.1, 0.15) is 31.4 Å². The summed E-state index contributed by atoms with van der Waals surface area (Å²) in [5.74, 6) is 5.99. The van der Waals surface area contributed by atoms with Crippen LogP contribution in [-0.2, 0) is 11.3 Å². The van der Waals surface area contributed by atoms with Crippen molar-refractivity contribution >= 4 is 0 Å². The Balaban J connectivity index is 1.95. The van der Waals surface area contributed by atoms with Crippen LogP contribution in [0.25, 0.3) is 0 Å². The highest BCUT2D eigenvalue weighted by Gasteiger charge is 2.23. The summed E-state index contributed by atoms with van der Waals surface area (Å²) in [6.07, 6.45) is 0.847. The average Bonchev–Trinajstić information content (AvgIpc) is 2.45. The van der Waals surface area contributed by atoms with E-state index < -0.39 is 0 Å². The molecular formula is C17H23NO2. The molecule has 3 nitrogen and oxygen atoms in total. The lowest BCUT2D eigenvalue weighted by Crippen LogP contribution is -2.46. The SMILES string of the molecule is CC1CN(Cc2ccc(C#CCCO)cc2)C(C)CO1. The minimum absolute atomic E-state index is 0.123. The molecule has 0 bridgehead atoms. The van der Waals surface area contributed by atoms with Crippen molar-refractivity contribution in [3.05, 3.63) is 35.4 Å². The molecular weight excluding hydrogens is 250 g/mol. The minimum atomic E-state index is 0.123. The third-order valence-electron chi connectivity index (χ3n) is 3.55. The fourth-order valence-electron chi connectivity index (χ4n) is 2.34. The van der Waals surface area contributed by atoms with Gasteiger partial charge in [-0.05, 0) is 31.5 Å². The number of hydrogen-bond acceptors (Lipinski definition) is 3. The number of aliphatic hydroxyl groups excluding tert-OH is 1. The summed E-state index contributed by atoms with van der Waals surface area (Å²) in [5.41, 5.74) is 2.31. The Bertz CT molecular complexity index is 472. The molecule has 1 aliphatic rings. The first-order valence-electron chi connectivity index (χ1n) is 7.23. The largest absolute Gasteiger partial charge is 0.395 e. The number of hydrogen-bond donors (Lipinski definition) is 1. The van der Waals surface area contributed by atoms with Crippen molar-refractivity contribution in [2.24, 2.45) is 0 Å². The molecule has 108 valence electrons. The van der Waals surface area contributed by atoms with E-state index in [-0.39, 0.29) is 6.61 Å². The molecule has 0 aromatic heterocycles. The van der Waals surface area contributed by atoms with Crippen LogP contribution in [0.2, 0.25) is 0 Å². The molecule has 1 N–H and O–H groups in total. The maximum atomic E-state index is 8.70. The van der Waals surface area contributed by atoms with Crippen LogP contribution in [0.15, 0.2) is 24.3 Å². The smallest absolute Gasteiger partial charge is 0.0674 e. The van der Waals surface area contributed by atoms with Crippen LogP contribution in [0.4, 0.5) is 0 Å². The number of benzene rings is 1. The zero-order valence-corrected chi connectivity index (χ0v) is 12.3. The predicted octanol–water partition coefficient (Wildman–Crippen LogP) is 2.03. The predicted molar refractivity (Wildman–Crippen MR) is 80.3 cm³/mol. The van der Waals surface area contributed by atoms with E-state index in [0.717, 1.165) is 25.3 Å². The Kier molecular flexibility index (Phi) is 5.60. The third kappa shape index (κ3) is 4.35. The van der Waals surface area contributed by atoms with Crippen LogP contribution < -0.4 is 0 Å². The van der Waals surface area contributed by atoms with E-state index in [1.165, 1.54) is 5.56 Å². The third-order valence-corrected chi connectivity index (χ3v) is 3.55. The molecule has 20 heavy (non-hydrogen) atoms. The normalized spacial score (nSPS) is 23.1. The lowest BCUT2D eigenvalue weighted by molar-refractivity contribution is -0.0526. The van der Waals surface area contributed by atoms with E-state index in [2.05, 4.69) is 42.7 Å². The average molecular weight is 273 g/mol. The Morgan fingerprint density at radius 1 is 1.30 bits per heavy atom. The lowest BCUT2D eigenvalue weighted by Gasteiger charge is -2.36. The zero-order chi connectivity index (χ0) is 14.4. The van der Waals surface area contributed by atoms with Gasteiger partial charge < -0.3 is 9.84 Å². The standard InChI is InChI=1S/C17H23NO2/c1-14-13-20-15(2)11-18(14)12-17-8-6-16(7-9-17)5-3-4-10-19/h6-9,14-15,19H,4,10-13H2,1-2H3. The van der Waals surface area contributed by atoms with Crippen molar-refractivity contribution in [3.63, 3.8) is 0 Å². The highest BCUT2D eigenvalue weighted by atomic mass is 16.5. The number of aliphatic hydroxyl groups is 1. The van der Waals surface area contributed by atoms with Crippen molar-refractivity contribution < 1.29 is 9.84 Å². The van der Waals surface area contributed by atoms with Gasteiger partial charge in [-0.15, -0.1) is 0 Å². The number of ether oxygens (including phenoxy) is 1. The van der Waals surface area contributed by atoms with E-state index >= 15 is 0 Å². The van der Waals surface area contributed by atoms with E-state index in [4.69, 9.17) is 9.84 Å². The molecule has 0 saturated carbocycles. The van der Waals surface area contributed by atoms with E-state index in [1.54, 1.807) is 0 Å². The summed E-state index contributed by atoms with van der Waals surface area (Å²) in [7, 11) is 0. The van der Waals surface area contributed by atoms with Crippen molar-refractivity contribution in [1.82, 2.24) is 4.90 Å². The first-order chi connectivity index (χ1) is 9.69. The van der Waals surface area contributed by atoms with Crippen molar-refractivity contribution in [2.45, 2.75) is 39.0 Å². The van der Waals surface area contributed by atoms with Gasteiger partial charge in [0.05, 0.1) is 19.3 Å². The molecule has 1 aromatic rings. The second kappa shape index (κ2) is 7.44. The Labute approximate surface area is 121 Å². The van der Waals surface area contributed by atoms with E-state index in [1.807, 2.05) is 12.1 Å². The first-order valence-corrected chi connectivity index (χ1v) is 7.23. The first kappa shape index (κ1) is 15.1. The van der Waals surface area contributed by atoms with Crippen LogP contribution >= 0.6 is 0 Å². The highest BCUT2D eigenvalue weighted by Crippen LogP contribution is 2.15. The quantitative estimate of drug-likeness (QED) is 0.855. The molecule has 1 aliphatic heterocycles. The summed E-state index contributed by atoms with van der Waals surface area (Å²) in [5, 5.41) is 8.70. The topological polar surface area (TPSA) is 32.7 Å². The van der Waals surface area contributed by atoms with Crippen molar-refractivity contribution in [3.8, 4) is 11.8 Å². The molecule has 2 rings (SSSR count). The molecule has 1 saturated heterocycles. The lowest BCUT2D eigenvalue weighted by atomic mass is 10.1. The summed E-state index contributed by atoms with van der Waals surface area (Å²) < 4.78 is 5.65. The van der Waals surface area contributed by atoms with Gasteiger partial charge in [-0.1, -0.05) is 24.0 Å². The molecule has 1 heterocycles. The molecule has 0 radical (unpaired) electrons. The monoisotopic (exact) mass is 273 g/mol.